The van der Waals surface area contributed by atoms with E-state index in [-0.39, 0.29) is 11.4 Å². The number of nitrogens with zero attached hydrogens (tertiary/aromatic N) is 3. The molecule has 26 heavy (non-hydrogen) atoms. The number of benzene rings is 1. The maximum Gasteiger partial charge on any atom is 0.238 e. The lowest BCUT2D eigenvalue weighted by molar-refractivity contribution is 0.589. The highest BCUT2D eigenvalue weighted by Gasteiger charge is 2.13. The molecule has 0 bridgehead atoms. The van der Waals surface area contributed by atoms with Gasteiger partial charge in [0.2, 0.25) is 10.0 Å². The average molecular weight is 378 g/mol. The van der Waals surface area contributed by atoms with Crippen molar-refractivity contribution in [1.29, 1.82) is 0 Å². The molecule has 4 N–H and O–H groups in total. The van der Waals surface area contributed by atoms with Crippen LogP contribution < -0.4 is 15.8 Å². The maximum absolute atomic E-state index is 14.2. The van der Waals surface area contributed by atoms with Crippen molar-refractivity contribution < 1.29 is 12.8 Å². The molecule has 3 rings (SSSR count). The topological polar surface area (TPSA) is 115 Å². The summed E-state index contributed by atoms with van der Waals surface area (Å²) in [6, 6.07) is 5.42. The third kappa shape index (κ3) is 3.60. The Labute approximate surface area is 150 Å². The van der Waals surface area contributed by atoms with E-state index in [1.807, 2.05) is 13.0 Å². The number of hydrogen-bond donors (Lipinski definition) is 3. The number of sulfonamides is 1. The molecule has 2 aromatic heterocycles. The molecule has 1 aromatic carbocycles. The van der Waals surface area contributed by atoms with Crippen LogP contribution in [0.1, 0.15) is 12.5 Å². The smallest absolute Gasteiger partial charge is 0.238 e. The molecule has 8 nitrogen and oxygen atoms in total. The summed E-state index contributed by atoms with van der Waals surface area (Å²) in [6.07, 6.45) is 1.68. The van der Waals surface area contributed by atoms with Crippen LogP contribution in [-0.4, -0.2) is 29.7 Å². The second-order valence-electron chi connectivity index (χ2n) is 5.74. The minimum absolute atomic E-state index is 0.163. The van der Waals surface area contributed by atoms with Gasteiger partial charge in [-0.2, -0.15) is 5.10 Å². The zero-order valence-corrected chi connectivity index (χ0v) is 15.1. The number of hydrogen-bond acceptors (Lipinski definition) is 6. The number of fused-ring (bicyclic) bond motifs is 1. The standard InChI is InChI=1S/C16H19FN6O2S/c1-3-19-15-7-14(12-9-21-23(2)16(12)22-15)20-8-10-4-5-11(6-13(10)17)26(18,24)25/h4-7,9H,3,8H2,1-2H3,(H2,18,24,25)(H2,19,20,22). The Bertz CT molecular complexity index is 1060. The minimum Gasteiger partial charge on any atom is -0.380 e. The van der Waals surface area contributed by atoms with E-state index in [0.717, 1.165) is 17.1 Å². The molecule has 0 amide bonds. The largest absolute Gasteiger partial charge is 0.380 e. The number of nitrogens with one attached hydrogen (secondary N) is 2. The second kappa shape index (κ2) is 6.89. The molecule has 0 fully saturated rings. The van der Waals surface area contributed by atoms with E-state index in [9.17, 15) is 12.8 Å². The van der Waals surface area contributed by atoms with Gasteiger partial charge in [-0.1, -0.05) is 6.07 Å². The lowest BCUT2D eigenvalue weighted by Gasteiger charge is -2.12. The molecule has 0 spiro atoms. The SMILES string of the molecule is CCNc1cc(NCc2ccc(S(N)(=O)=O)cc2F)c2cnn(C)c2n1. The first-order valence-electron chi connectivity index (χ1n) is 7.91. The van der Waals surface area contributed by atoms with E-state index in [1.54, 1.807) is 17.9 Å². The molecule has 3 aromatic rings. The van der Waals surface area contributed by atoms with Crippen LogP contribution in [0.25, 0.3) is 11.0 Å². The first-order valence-corrected chi connectivity index (χ1v) is 9.46. The predicted octanol–water partition coefficient (Wildman–Crippen LogP) is 1.80. The zero-order valence-electron chi connectivity index (χ0n) is 14.3. The zero-order chi connectivity index (χ0) is 18.9. The number of pyridine rings is 1. The van der Waals surface area contributed by atoms with Gasteiger partial charge in [-0.3, -0.25) is 4.68 Å². The summed E-state index contributed by atoms with van der Waals surface area (Å²) >= 11 is 0. The first-order chi connectivity index (χ1) is 12.3. The summed E-state index contributed by atoms with van der Waals surface area (Å²) in [5.74, 6) is 0.0311. The number of halogens is 1. The Hall–Kier alpha value is -2.72. The predicted molar refractivity (Wildman–Crippen MR) is 97.8 cm³/mol. The third-order valence-electron chi connectivity index (χ3n) is 3.89. The monoisotopic (exact) mass is 378 g/mol. The van der Waals surface area contributed by atoms with E-state index in [2.05, 4.69) is 20.7 Å². The van der Waals surface area contributed by atoms with Crippen molar-refractivity contribution in [2.24, 2.45) is 12.2 Å². The highest BCUT2D eigenvalue weighted by molar-refractivity contribution is 7.89. The summed E-state index contributed by atoms with van der Waals surface area (Å²) in [7, 11) is -2.14. The van der Waals surface area contributed by atoms with Gasteiger partial charge in [-0.05, 0) is 19.1 Å². The summed E-state index contributed by atoms with van der Waals surface area (Å²) in [5.41, 5.74) is 1.75. The highest BCUT2D eigenvalue weighted by Crippen LogP contribution is 2.26. The Morgan fingerprint density at radius 1 is 1.27 bits per heavy atom. The molecule has 0 saturated heterocycles. The molecular weight excluding hydrogens is 359 g/mol. The molecule has 138 valence electrons. The van der Waals surface area contributed by atoms with Crippen molar-refractivity contribution in [1.82, 2.24) is 14.8 Å². The van der Waals surface area contributed by atoms with Gasteiger partial charge in [-0.25, -0.2) is 22.9 Å². The third-order valence-corrected chi connectivity index (χ3v) is 4.80. The molecule has 2 heterocycles. The van der Waals surface area contributed by atoms with Gasteiger partial charge in [0.15, 0.2) is 5.65 Å². The fourth-order valence-electron chi connectivity index (χ4n) is 2.57. The van der Waals surface area contributed by atoms with Gasteiger partial charge in [0.25, 0.3) is 0 Å². The van der Waals surface area contributed by atoms with Gasteiger partial charge in [0.1, 0.15) is 11.6 Å². The van der Waals surface area contributed by atoms with Crippen LogP contribution in [0.4, 0.5) is 15.9 Å². The lowest BCUT2D eigenvalue weighted by atomic mass is 10.2. The molecular formula is C16H19FN6O2S. The fraction of sp³-hybridized carbons (Fsp3) is 0.250. The van der Waals surface area contributed by atoms with Crippen LogP contribution in [0.5, 0.6) is 0 Å². The number of primary sulfonamides is 1. The van der Waals surface area contributed by atoms with Crippen molar-refractivity contribution in [3.8, 4) is 0 Å². The molecule has 0 radical (unpaired) electrons. The summed E-state index contributed by atoms with van der Waals surface area (Å²) in [6.45, 7) is 2.83. The van der Waals surface area contributed by atoms with Crippen LogP contribution in [0.15, 0.2) is 35.4 Å². The van der Waals surface area contributed by atoms with E-state index in [1.165, 1.54) is 12.1 Å². The van der Waals surface area contributed by atoms with Crippen LogP contribution in [0.2, 0.25) is 0 Å². The van der Waals surface area contributed by atoms with E-state index < -0.39 is 15.8 Å². The van der Waals surface area contributed by atoms with Crippen LogP contribution in [0.3, 0.4) is 0 Å². The van der Waals surface area contributed by atoms with Gasteiger partial charge >= 0.3 is 0 Å². The molecule has 10 heteroatoms. The van der Waals surface area contributed by atoms with Gasteiger partial charge in [-0.15, -0.1) is 0 Å². The van der Waals surface area contributed by atoms with E-state index >= 15 is 0 Å². The van der Waals surface area contributed by atoms with Gasteiger partial charge in [0, 0.05) is 31.8 Å². The normalized spacial score (nSPS) is 11.7. The molecule has 0 saturated carbocycles. The summed E-state index contributed by atoms with van der Waals surface area (Å²) in [5, 5.41) is 16.3. The lowest BCUT2D eigenvalue weighted by Crippen LogP contribution is -2.13. The molecule has 0 atom stereocenters. The van der Waals surface area contributed by atoms with E-state index in [4.69, 9.17) is 5.14 Å². The molecule has 0 aliphatic heterocycles. The van der Waals surface area contributed by atoms with Crippen molar-refractivity contribution in [2.75, 3.05) is 17.2 Å². The Kier molecular flexibility index (Phi) is 4.79. The number of rotatable bonds is 6. The number of aryl methyl sites for hydroxylation is 1. The van der Waals surface area contributed by atoms with Crippen molar-refractivity contribution in [2.45, 2.75) is 18.4 Å². The quantitative estimate of drug-likeness (QED) is 0.602. The van der Waals surface area contributed by atoms with E-state index in [0.29, 0.717) is 23.6 Å². The Morgan fingerprint density at radius 3 is 2.69 bits per heavy atom. The van der Waals surface area contributed by atoms with Crippen molar-refractivity contribution in [3.05, 3.63) is 41.8 Å². The first kappa shape index (κ1) is 18.1. The minimum atomic E-state index is -3.94. The molecule has 0 aliphatic carbocycles. The number of nitrogens with two attached hydrogens (primary N) is 1. The second-order valence-corrected chi connectivity index (χ2v) is 7.30. The van der Waals surface area contributed by atoms with Gasteiger partial charge in [0.05, 0.1) is 22.2 Å². The average Bonchev–Trinajstić information content (AvgIpc) is 2.94. The highest BCUT2D eigenvalue weighted by atomic mass is 32.2. The van der Waals surface area contributed by atoms with Crippen molar-refractivity contribution in [3.63, 3.8) is 0 Å². The van der Waals surface area contributed by atoms with Gasteiger partial charge < -0.3 is 10.6 Å². The van der Waals surface area contributed by atoms with Crippen LogP contribution in [0, 0.1) is 5.82 Å². The molecule has 0 aliphatic rings. The Morgan fingerprint density at radius 2 is 2.04 bits per heavy atom. The Balaban J connectivity index is 1.90. The van der Waals surface area contributed by atoms with Crippen molar-refractivity contribution >= 4 is 32.6 Å². The summed E-state index contributed by atoms with van der Waals surface area (Å²) in [4.78, 5) is 4.23. The number of aromatic nitrogens is 3. The fourth-order valence-corrected chi connectivity index (χ4v) is 3.10. The molecule has 0 unspecified atom stereocenters. The summed E-state index contributed by atoms with van der Waals surface area (Å²) < 4.78 is 38.4. The number of anilines is 2. The van der Waals surface area contributed by atoms with Crippen LogP contribution >= 0.6 is 0 Å². The van der Waals surface area contributed by atoms with Crippen LogP contribution in [-0.2, 0) is 23.6 Å². The maximum atomic E-state index is 14.2.